The van der Waals surface area contributed by atoms with Gasteiger partial charge in [0, 0.05) is 49.5 Å². The molecule has 0 unspecified atom stereocenters. The summed E-state index contributed by atoms with van der Waals surface area (Å²) in [6, 6.07) is 15.5. The number of nitrogens with zero attached hydrogens (tertiary/aromatic N) is 5. The molecule has 3 heterocycles. The van der Waals surface area contributed by atoms with Crippen molar-refractivity contribution in [3.05, 3.63) is 72.0 Å². The van der Waals surface area contributed by atoms with Gasteiger partial charge in [0.2, 0.25) is 0 Å². The van der Waals surface area contributed by atoms with Crippen molar-refractivity contribution in [3.63, 3.8) is 0 Å². The number of para-hydroxylation sites is 1. The van der Waals surface area contributed by atoms with Gasteiger partial charge in [-0.05, 0) is 36.2 Å². The summed E-state index contributed by atoms with van der Waals surface area (Å²) in [6.07, 6.45) is 4.60. The number of methoxy groups -OCH3 is 2. The van der Waals surface area contributed by atoms with Crippen LogP contribution in [-0.4, -0.2) is 66.0 Å². The number of rotatable bonds is 6. The van der Waals surface area contributed by atoms with Crippen molar-refractivity contribution in [2.75, 3.05) is 45.3 Å². The molecule has 1 fully saturated rings. The molecule has 1 saturated heterocycles. The van der Waals surface area contributed by atoms with E-state index >= 15 is 0 Å². The molecule has 1 amide bonds. The summed E-state index contributed by atoms with van der Waals surface area (Å²) in [5, 5.41) is 7.74. The number of ether oxygens (including phenoxy) is 2. The second-order valence-corrected chi connectivity index (χ2v) is 9.06. The number of aromatic nitrogens is 3. The van der Waals surface area contributed by atoms with Crippen molar-refractivity contribution in [1.82, 2.24) is 19.7 Å². The molecule has 0 aliphatic carbocycles. The van der Waals surface area contributed by atoms with E-state index in [0.717, 1.165) is 41.5 Å². The molecule has 9 heteroatoms. The first-order valence-electron chi connectivity index (χ1n) is 11.5. The third kappa shape index (κ3) is 4.72. The van der Waals surface area contributed by atoms with Crippen LogP contribution in [0.25, 0.3) is 16.8 Å². The molecule has 0 bridgehead atoms. The van der Waals surface area contributed by atoms with Gasteiger partial charge in [0.25, 0.3) is 5.91 Å². The van der Waals surface area contributed by atoms with Gasteiger partial charge in [-0.2, -0.15) is 5.10 Å². The third-order valence-corrected chi connectivity index (χ3v) is 6.94. The van der Waals surface area contributed by atoms with Gasteiger partial charge in [0.1, 0.15) is 0 Å². The minimum atomic E-state index is -0.0783. The van der Waals surface area contributed by atoms with Gasteiger partial charge in [-0.25, -0.2) is 9.67 Å². The average Bonchev–Trinajstić information content (AvgIpc) is 3.54. The van der Waals surface area contributed by atoms with Gasteiger partial charge in [0.15, 0.2) is 22.3 Å². The molecule has 5 rings (SSSR count). The fourth-order valence-electron chi connectivity index (χ4n) is 4.29. The minimum Gasteiger partial charge on any atom is -0.493 e. The van der Waals surface area contributed by atoms with Crippen LogP contribution < -0.4 is 14.4 Å². The van der Waals surface area contributed by atoms with Crippen LogP contribution in [0, 0.1) is 0 Å². The number of anilines is 1. The van der Waals surface area contributed by atoms with E-state index in [1.807, 2.05) is 71.2 Å². The monoisotopic (exact) mass is 489 g/mol. The third-order valence-electron chi connectivity index (χ3n) is 6.11. The molecule has 4 aromatic rings. The van der Waals surface area contributed by atoms with E-state index in [4.69, 9.17) is 14.6 Å². The van der Waals surface area contributed by atoms with Gasteiger partial charge >= 0.3 is 0 Å². The lowest BCUT2D eigenvalue weighted by Crippen LogP contribution is -2.35. The molecule has 0 radical (unpaired) electrons. The second-order valence-electron chi connectivity index (χ2n) is 8.19. The van der Waals surface area contributed by atoms with E-state index in [9.17, 15) is 4.79 Å². The number of benzene rings is 2. The van der Waals surface area contributed by atoms with Gasteiger partial charge in [-0.1, -0.05) is 24.3 Å². The summed E-state index contributed by atoms with van der Waals surface area (Å²) in [6.45, 7) is 2.90. The number of carbonyl (C=O) groups excluding carboxylic acids is 1. The van der Waals surface area contributed by atoms with Gasteiger partial charge < -0.3 is 19.3 Å². The Labute approximate surface area is 208 Å². The molecule has 180 valence electrons. The first kappa shape index (κ1) is 22.9. The number of hydrogen-bond donors (Lipinski definition) is 0. The zero-order valence-electron chi connectivity index (χ0n) is 19.8. The average molecular weight is 490 g/mol. The fraction of sp³-hybridized carbons (Fsp3) is 0.269. The standard InChI is InChI=1S/C26H27N5O3S/c1-33-22-10-9-19(17-23(22)34-2)21-18-31(20-7-4-3-5-8-20)28-24(21)25(32)29-12-6-13-30(15-14-29)26-27-11-16-35-26/h3-5,7-11,16-18H,6,12-15H2,1-2H3. The summed E-state index contributed by atoms with van der Waals surface area (Å²) in [5.74, 6) is 1.16. The van der Waals surface area contributed by atoms with Crippen LogP contribution in [0.1, 0.15) is 16.9 Å². The quantitative estimate of drug-likeness (QED) is 0.401. The van der Waals surface area contributed by atoms with E-state index in [0.29, 0.717) is 30.3 Å². The Morgan fingerprint density at radius 1 is 0.971 bits per heavy atom. The summed E-state index contributed by atoms with van der Waals surface area (Å²) in [5.41, 5.74) is 2.90. The zero-order chi connectivity index (χ0) is 24.2. The first-order valence-corrected chi connectivity index (χ1v) is 12.4. The van der Waals surface area contributed by atoms with Crippen LogP contribution in [0.4, 0.5) is 5.13 Å². The van der Waals surface area contributed by atoms with Gasteiger partial charge in [-0.15, -0.1) is 11.3 Å². The number of hydrogen-bond acceptors (Lipinski definition) is 7. The van der Waals surface area contributed by atoms with E-state index in [1.165, 1.54) is 0 Å². The molecule has 1 aliphatic heterocycles. The Bertz CT molecular complexity index is 1290. The van der Waals surface area contributed by atoms with Gasteiger partial charge in [0.05, 0.1) is 19.9 Å². The number of thiazole rings is 1. The molecule has 2 aromatic heterocycles. The zero-order valence-corrected chi connectivity index (χ0v) is 20.6. The summed E-state index contributed by atoms with van der Waals surface area (Å²) in [7, 11) is 3.21. The van der Waals surface area contributed by atoms with Crippen molar-refractivity contribution in [2.45, 2.75) is 6.42 Å². The molecule has 35 heavy (non-hydrogen) atoms. The van der Waals surface area contributed by atoms with E-state index in [-0.39, 0.29) is 5.91 Å². The highest BCUT2D eigenvalue weighted by molar-refractivity contribution is 7.13. The van der Waals surface area contributed by atoms with Crippen LogP contribution in [-0.2, 0) is 0 Å². The van der Waals surface area contributed by atoms with Crippen molar-refractivity contribution in [3.8, 4) is 28.3 Å². The molecule has 0 saturated carbocycles. The van der Waals surface area contributed by atoms with Crippen molar-refractivity contribution >= 4 is 22.4 Å². The van der Waals surface area contributed by atoms with Crippen LogP contribution >= 0.6 is 11.3 Å². The second kappa shape index (κ2) is 10.2. The largest absolute Gasteiger partial charge is 0.493 e. The van der Waals surface area contributed by atoms with Crippen LogP contribution in [0.5, 0.6) is 11.5 Å². The minimum absolute atomic E-state index is 0.0783. The van der Waals surface area contributed by atoms with E-state index in [1.54, 1.807) is 30.2 Å². The lowest BCUT2D eigenvalue weighted by atomic mass is 10.0. The lowest BCUT2D eigenvalue weighted by molar-refractivity contribution is 0.0761. The maximum atomic E-state index is 13.8. The normalized spacial score (nSPS) is 14.0. The van der Waals surface area contributed by atoms with Crippen LogP contribution in [0.3, 0.4) is 0 Å². The Hall–Kier alpha value is -3.85. The maximum absolute atomic E-state index is 13.8. The molecule has 8 nitrogen and oxygen atoms in total. The van der Waals surface area contributed by atoms with Crippen LogP contribution in [0.2, 0.25) is 0 Å². The lowest BCUT2D eigenvalue weighted by Gasteiger charge is -2.21. The molecular weight excluding hydrogens is 462 g/mol. The Kier molecular flexibility index (Phi) is 6.67. The predicted molar refractivity (Wildman–Crippen MR) is 137 cm³/mol. The van der Waals surface area contributed by atoms with E-state index < -0.39 is 0 Å². The number of amides is 1. The summed E-state index contributed by atoms with van der Waals surface area (Å²) in [4.78, 5) is 22.4. The highest BCUT2D eigenvalue weighted by atomic mass is 32.1. The highest BCUT2D eigenvalue weighted by Gasteiger charge is 2.27. The van der Waals surface area contributed by atoms with E-state index in [2.05, 4.69) is 9.88 Å². The smallest absolute Gasteiger partial charge is 0.275 e. The summed E-state index contributed by atoms with van der Waals surface area (Å²) >= 11 is 1.63. The number of carbonyl (C=O) groups is 1. The SMILES string of the molecule is COc1ccc(-c2cn(-c3ccccc3)nc2C(=O)N2CCCN(c3nccs3)CC2)cc1OC. The van der Waals surface area contributed by atoms with Crippen molar-refractivity contribution in [1.29, 1.82) is 0 Å². The highest BCUT2D eigenvalue weighted by Crippen LogP contribution is 2.34. The van der Waals surface area contributed by atoms with Crippen molar-refractivity contribution in [2.24, 2.45) is 0 Å². The topological polar surface area (TPSA) is 72.7 Å². The molecule has 0 N–H and O–H groups in total. The molecular formula is C26H27N5O3S. The maximum Gasteiger partial charge on any atom is 0.275 e. The molecule has 0 spiro atoms. The molecule has 2 aromatic carbocycles. The summed E-state index contributed by atoms with van der Waals surface area (Å²) < 4.78 is 12.7. The first-order chi connectivity index (χ1) is 17.2. The van der Waals surface area contributed by atoms with Crippen LogP contribution in [0.15, 0.2) is 66.3 Å². The molecule has 1 aliphatic rings. The fourth-order valence-corrected chi connectivity index (χ4v) is 4.99. The Morgan fingerprint density at radius 2 is 1.80 bits per heavy atom. The van der Waals surface area contributed by atoms with Crippen molar-refractivity contribution < 1.29 is 14.3 Å². The molecule has 0 atom stereocenters. The predicted octanol–water partition coefficient (Wildman–Crippen LogP) is 4.37. The Morgan fingerprint density at radius 3 is 2.54 bits per heavy atom. The van der Waals surface area contributed by atoms with Gasteiger partial charge in [-0.3, -0.25) is 4.79 Å². The Balaban J connectivity index is 1.50.